The van der Waals surface area contributed by atoms with Gasteiger partial charge in [-0.3, -0.25) is 0 Å². The fourth-order valence-corrected chi connectivity index (χ4v) is 2.30. The molecule has 3 nitrogen and oxygen atoms in total. The van der Waals surface area contributed by atoms with Crippen molar-refractivity contribution in [2.75, 3.05) is 24.6 Å². The Kier molecular flexibility index (Phi) is 5.52. The maximum Gasteiger partial charge on any atom is 0.119 e. The Labute approximate surface area is 133 Å². The van der Waals surface area contributed by atoms with Crippen molar-refractivity contribution in [1.82, 2.24) is 0 Å². The lowest BCUT2D eigenvalue weighted by Gasteiger charge is -2.23. The Bertz CT molecular complexity index is 525. The maximum absolute atomic E-state index is 9.22. The standard InChI is InChI=1S/C16H18INO2/c1-2-18(14-5-3-13(17)4-6-14)11-12-20-16-9-7-15(19)8-10-16/h3-10,19H,2,11-12H2,1H3. The molecule has 0 aliphatic heterocycles. The summed E-state index contributed by atoms with van der Waals surface area (Å²) in [5.74, 6) is 1.04. The molecule has 0 heterocycles. The second kappa shape index (κ2) is 7.38. The van der Waals surface area contributed by atoms with Crippen molar-refractivity contribution in [3.63, 3.8) is 0 Å². The lowest BCUT2D eigenvalue weighted by Crippen LogP contribution is -2.27. The Balaban J connectivity index is 1.87. The molecule has 20 heavy (non-hydrogen) atoms. The normalized spacial score (nSPS) is 10.3. The molecule has 0 aromatic heterocycles. The topological polar surface area (TPSA) is 32.7 Å². The van der Waals surface area contributed by atoms with E-state index in [1.54, 1.807) is 24.3 Å². The molecule has 2 aromatic rings. The van der Waals surface area contributed by atoms with Crippen molar-refractivity contribution >= 4 is 28.3 Å². The predicted molar refractivity (Wildman–Crippen MR) is 90.6 cm³/mol. The van der Waals surface area contributed by atoms with E-state index >= 15 is 0 Å². The van der Waals surface area contributed by atoms with E-state index in [2.05, 4.69) is 58.7 Å². The number of anilines is 1. The average Bonchev–Trinajstić information content (AvgIpc) is 2.47. The second-order valence-electron chi connectivity index (χ2n) is 4.40. The molecule has 0 unspecified atom stereocenters. The number of hydrogen-bond acceptors (Lipinski definition) is 3. The first-order chi connectivity index (χ1) is 9.69. The highest BCUT2D eigenvalue weighted by Crippen LogP contribution is 2.18. The molecule has 0 spiro atoms. The van der Waals surface area contributed by atoms with E-state index in [1.807, 2.05) is 0 Å². The minimum Gasteiger partial charge on any atom is -0.508 e. The molecule has 0 bridgehead atoms. The molecule has 2 aromatic carbocycles. The zero-order valence-electron chi connectivity index (χ0n) is 11.4. The Morgan fingerprint density at radius 1 is 1.05 bits per heavy atom. The molecule has 0 amide bonds. The summed E-state index contributed by atoms with van der Waals surface area (Å²) in [6.45, 7) is 4.53. The summed E-state index contributed by atoms with van der Waals surface area (Å²) in [4.78, 5) is 2.27. The van der Waals surface area contributed by atoms with Crippen molar-refractivity contribution in [3.8, 4) is 11.5 Å². The molecule has 2 rings (SSSR count). The first kappa shape index (κ1) is 15.0. The Morgan fingerprint density at radius 3 is 2.30 bits per heavy atom. The van der Waals surface area contributed by atoms with Gasteiger partial charge < -0.3 is 14.7 Å². The van der Waals surface area contributed by atoms with Gasteiger partial charge in [-0.15, -0.1) is 0 Å². The van der Waals surface area contributed by atoms with Crippen LogP contribution in [0.3, 0.4) is 0 Å². The van der Waals surface area contributed by atoms with E-state index in [0.29, 0.717) is 6.61 Å². The van der Waals surface area contributed by atoms with Crippen LogP contribution >= 0.6 is 22.6 Å². The predicted octanol–water partition coefficient (Wildman–Crippen LogP) is 3.90. The van der Waals surface area contributed by atoms with E-state index in [1.165, 1.54) is 9.26 Å². The number of halogens is 1. The third kappa shape index (κ3) is 4.30. The number of ether oxygens (including phenoxy) is 1. The van der Waals surface area contributed by atoms with Crippen LogP contribution in [0.2, 0.25) is 0 Å². The molecule has 106 valence electrons. The number of benzene rings is 2. The molecule has 4 heteroatoms. The molecule has 1 N–H and O–H groups in total. The summed E-state index contributed by atoms with van der Waals surface area (Å²) in [7, 11) is 0. The van der Waals surface area contributed by atoms with Gasteiger partial charge in [-0.2, -0.15) is 0 Å². The van der Waals surface area contributed by atoms with Crippen molar-refractivity contribution in [1.29, 1.82) is 0 Å². The molecule has 0 aliphatic rings. The van der Waals surface area contributed by atoms with Gasteiger partial charge in [-0.25, -0.2) is 0 Å². The third-order valence-corrected chi connectivity index (χ3v) is 3.76. The quantitative estimate of drug-likeness (QED) is 0.769. The minimum atomic E-state index is 0.256. The van der Waals surface area contributed by atoms with Gasteiger partial charge in [-0.1, -0.05) is 0 Å². The summed E-state index contributed by atoms with van der Waals surface area (Å²) >= 11 is 2.31. The molecule has 0 atom stereocenters. The number of aromatic hydroxyl groups is 1. The average molecular weight is 383 g/mol. The smallest absolute Gasteiger partial charge is 0.119 e. The van der Waals surface area contributed by atoms with E-state index < -0.39 is 0 Å². The molecular weight excluding hydrogens is 365 g/mol. The zero-order valence-corrected chi connectivity index (χ0v) is 13.6. The highest BCUT2D eigenvalue weighted by atomic mass is 127. The van der Waals surface area contributed by atoms with E-state index in [9.17, 15) is 5.11 Å². The van der Waals surface area contributed by atoms with Crippen LogP contribution in [-0.4, -0.2) is 24.8 Å². The van der Waals surface area contributed by atoms with Crippen LogP contribution in [0.15, 0.2) is 48.5 Å². The fraction of sp³-hybridized carbons (Fsp3) is 0.250. The van der Waals surface area contributed by atoms with Crippen LogP contribution < -0.4 is 9.64 Å². The number of phenolic OH excluding ortho intramolecular Hbond substituents is 1. The summed E-state index contributed by atoms with van der Waals surface area (Å²) in [6, 6.07) is 15.3. The van der Waals surface area contributed by atoms with Gasteiger partial charge in [0, 0.05) is 15.8 Å². The van der Waals surface area contributed by atoms with Crippen LogP contribution in [-0.2, 0) is 0 Å². The SMILES string of the molecule is CCN(CCOc1ccc(O)cc1)c1ccc(I)cc1. The van der Waals surface area contributed by atoms with Gasteiger partial charge >= 0.3 is 0 Å². The Hall–Kier alpha value is -1.43. The first-order valence-electron chi connectivity index (χ1n) is 6.61. The van der Waals surface area contributed by atoms with E-state index in [4.69, 9.17) is 4.74 Å². The van der Waals surface area contributed by atoms with Crippen molar-refractivity contribution in [3.05, 3.63) is 52.1 Å². The fourth-order valence-electron chi connectivity index (χ4n) is 1.94. The summed E-state index contributed by atoms with van der Waals surface area (Å²) in [5.41, 5.74) is 1.21. The van der Waals surface area contributed by atoms with Crippen molar-refractivity contribution in [2.45, 2.75) is 6.92 Å². The highest BCUT2D eigenvalue weighted by Gasteiger charge is 2.04. The van der Waals surface area contributed by atoms with E-state index in [0.717, 1.165) is 18.8 Å². The summed E-state index contributed by atoms with van der Waals surface area (Å²) in [5, 5.41) is 9.22. The minimum absolute atomic E-state index is 0.256. The van der Waals surface area contributed by atoms with E-state index in [-0.39, 0.29) is 5.75 Å². The number of phenols is 1. The van der Waals surface area contributed by atoms with Gasteiger partial charge in [-0.05, 0) is 78.0 Å². The first-order valence-corrected chi connectivity index (χ1v) is 7.69. The lowest BCUT2D eigenvalue weighted by atomic mass is 10.3. The lowest BCUT2D eigenvalue weighted by molar-refractivity contribution is 0.323. The van der Waals surface area contributed by atoms with Gasteiger partial charge in [0.2, 0.25) is 0 Å². The van der Waals surface area contributed by atoms with Crippen LogP contribution in [0.1, 0.15) is 6.92 Å². The maximum atomic E-state index is 9.22. The Morgan fingerprint density at radius 2 is 1.70 bits per heavy atom. The van der Waals surface area contributed by atoms with Crippen LogP contribution in [0, 0.1) is 3.57 Å². The third-order valence-electron chi connectivity index (χ3n) is 3.04. The molecule has 0 saturated carbocycles. The molecule has 0 aliphatic carbocycles. The largest absolute Gasteiger partial charge is 0.508 e. The zero-order chi connectivity index (χ0) is 14.4. The number of nitrogens with zero attached hydrogens (tertiary/aromatic N) is 1. The highest BCUT2D eigenvalue weighted by molar-refractivity contribution is 14.1. The number of rotatable bonds is 6. The van der Waals surface area contributed by atoms with Crippen molar-refractivity contribution < 1.29 is 9.84 Å². The monoisotopic (exact) mass is 383 g/mol. The molecule has 0 radical (unpaired) electrons. The molecule has 0 fully saturated rings. The van der Waals surface area contributed by atoms with Gasteiger partial charge in [0.25, 0.3) is 0 Å². The number of likely N-dealkylation sites (N-methyl/N-ethyl adjacent to an activating group) is 1. The van der Waals surface area contributed by atoms with Crippen molar-refractivity contribution in [2.24, 2.45) is 0 Å². The molecular formula is C16H18INO2. The van der Waals surface area contributed by atoms with Crippen LogP contribution in [0.5, 0.6) is 11.5 Å². The second-order valence-corrected chi connectivity index (χ2v) is 5.64. The number of hydrogen-bond donors (Lipinski definition) is 1. The summed E-state index contributed by atoms with van der Waals surface area (Å²) < 4.78 is 6.92. The van der Waals surface area contributed by atoms with Crippen LogP contribution in [0.25, 0.3) is 0 Å². The van der Waals surface area contributed by atoms with Crippen LogP contribution in [0.4, 0.5) is 5.69 Å². The van der Waals surface area contributed by atoms with Gasteiger partial charge in [0.1, 0.15) is 18.1 Å². The molecule has 0 saturated heterocycles. The summed E-state index contributed by atoms with van der Waals surface area (Å²) in [6.07, 6.45) is 0. The van der Waals surface area contributed by atoms with Gasteiger partial charge in [0.05, 0.1) is 6.54 Å². The van der Waals surface area contributed by atoms with Gasteiger partial charge in [0.15, 0.2) is 0 Å².